The minimum atomic E-state index is -0.386. The van der Waals surface area contributed by atoms with Crippen LogP contribution in [0.25, 0.3) is 11.2 Å². The van der Waals surface area contributed by atoms with E-state index < -0.39 is 0 Å². The Bertz CT molecular complexity index is 1140. The van der Waals surface area contributed by atoms with Crippen molar-refractivity contribution in [2.75, 3.05) is 18.5 Å². The lowest BCUT2D eigenvalue weighted by Gasteiger charge is -2.14. The number of aromatic nitrogens is 4. The topological polar surface area (TPSA) is 83.1 Å². The normalized spacial score (nSPS) is 16.8. The molecule has 0 saturated carbocycles. The number of benzene rings is 1. The molecule has 1 fully saturated rings. The van der Waals surface area contributed by atoms with Crippen LogP contribution in [0, 0.1) is 6.92 Å². The first-order valence-electron chi connectivity index (χ1n) is 9.53. The predicted octanol–water partition coefficient (Wildman–Crippen LogP) is 1.38. The lowest BCUT2D eigenvalue weighted by Crippen LogP contribution is -2.37. The highest BCUT2D eigenvalue weighted by Crippen LogP contribution is 2.20. The molecule has 1 saturated heterocycles. The first-order chi connectivity index (χ1) is 13.5. The lowest BCUT2D eigenvalue weighted by atomic mass is 10.1. The maximum Gasteiger partial charge on any atom is 0.332 e. The molecule has 0 unspecified atom stereocenters. The largest absolute Gasteiger partial charge is 0.376 e. The zero-order valence-electron chi connectivity index (χ0n) is 16.4. The van der Waals surface area contributed by atoms with Crippen molar-refractivity contribution < 1.29 is 4.74 Å². The number of hydrogen-bond donors (Lipinski definition) is 1. The average molecular weight is 383 g/mol. The predicted molar refractivity (Wildman–Crippen MR) is 108 cm³/mol. The van der Waals surface area contributed by atoms with Crippen molar-refractivity contribution in [1.82, 2.24) is 18.7 Å². The van der Waals surface area contributed by atoms with E-state index in [1.54, 1.807) is 7.05 Å². The molecule has 3 aromatic rings. The zero-order chi connectivity index (χ0) is 19.8. The van der Waals surface area contributed by atoms with Crippen molar-refractivity contribution in [1.29, 1.82) is 0 Å². The number of nitrogens with zero attached hydrogens (tertiary/aromatic N) is 4. The van der Waals surface area contributed by atoms with Gasteiger partial charge in [0.25, 0.3) is 5.56 Å². The molecule has 148 valence electrons. The fraction of sp³-hybridized carbons (Fsp3) is 0.450. The first kappa shape index (κ1) is 18.5. The van der Waals surface area contributed by atoms with Crippen molar-refractivity contribution in [3.05, 3.63) is 56.2 Å². The Hall–Kier alpha value is -2.87. The van der Waals surface area contributed by atoms with E-state index in [0.29, 0.717) is 30.2 Å². The van der Waals surface area contributed by atoms with Gasteiger partial charge >= 0.3 is 5.69 Å². The third-order valence-corrected chi connectivity index (χ3v) is 5.28. The summed E-state index contributed by atoms with van der Waals surface area (Å²) in [4.78, 5) is 29.8. The van der Waals surface area contributed by atoms with Gasteiger partial charge in [-0.3, -0.25) is 18.5 Å². The molecule has 1 aromatic carbocycles. The SMILES string of the molecule is Cc1cccc(Cn2c(NC[C@H]3CCCO3)nc3c2c(=O)n(C)c(=O)n3C)c1. The number of imidazole rings is 1. The third-order valence-electron chi connectivity index (χ3n) is 5.28. The highest BCUT2D eigenvalue weighted by Gasteiger charge is 2.21. The van der Waals surface area contributed by atoms with Crippen LogP contribution in [-0.2, 0) is 25.4 Å². The quantitative estimate of drug-likeness (QED) is 0.720. The minimum absolute atomic E-state index is 0.138. The second-order valence-electron chi connectivity index (χ2n) is 7.40. The summed E-state index contributed by atoms with van der Waals surface area (Å²) in [7, 11) is 3.13. The Balaban J connectivity index is 1.83. The number of rotatable bonds is 5. The summed E-state index contributed by atoms with van der Waals surface area (Å²) in [6.07, 6.45) is 2.20. The van der Waals surface area contributed by atoms with Crippen molar-refractivity contribution in [2.45, 2.75) is 32.4 Å². The number of hydrogen-bond acceptors (Lipinski definition) is 5. The van der Waals surface area contributed by atoms with Crippen LogP contribution >= 0.6 is 0 Å². The monoisotopic (exact) mass is 383 g/mol. The molecule has 1 N–H and O–H groups in total. The smallest absolute Gasteiger partial charge is 0.332 e. The van der Waals surface area contributed by atoms with Crippen LogP contribution in [-0.4, -0.2) is 37.9 Å². The number of anilines is 1. The van der Waals surface area contributed by atoms with E-state index in [4.69, 9.17) is 4.74 Å². The molecule has 8 nitrogen and oxygen atoms in total. The number of fused-ring (bicyclic) bond motifs is 1. The Morgan fingerprint density at radius 2 is 2.07 bits per heavy atom. The van der Waals surface area contributed by atoms with E-state index in [1.807, 2.05) is 29.7 Å². The van der Waals surface area contributed by atoms with Crippen LogP contribution in [0.2, 0.25) is 0 Å². The summed E-state index contributed by atoms with van der Waals surface area (Å²) >= 11 is 0. The molecule has 28 heavy (non-hydrogen) atoms. The summed E-state index contributed by atoms with van der Waals surface area (Å²) < 4.78 is 10.1. The highest BCUT2D eigenvalue weighted by atomic mass is 16.5. The third kappa shape index (κ3) is 3.24. The average Bonchev–Trinajstić information content (AvgIpc) is 3.31. The molecule has 2 aromatic heterocycles. The van der Waals surface area contributed by atoms with Crippen LogP contribution in [0.4, 0.5) is 5.95 Å². The Morgan fingerprint density at radius 3 is 2.79 bits per heavy atom. The summed E-state index contributed by atoms with van der Waals surface area (Å²) in [6, 6.07) is 8.14. The van der Waals surface area contributed by atoms with Crippen LogP contribution in [0.3, 0.4) is 0 Å². The van der Waals surface area contributed by atoms with Crippen molar-refractivity contribution in [3.63, 3.8) is 0 Å². The zero-order valence-corrected chi connectivity index (χ0v) is 16.4. The summed E-state index contributed by atoms with van der Waals surface area (Å²) in [6.45, 7) is 3.92. The standard InChI is InChI=1S/C20H25N5O3/c1-13-6-4-7-14(10-13)12-25-16-17(23(2)20(27)24(3)18(16)26)22-19(25)21-11-15-8-5-9-28-15/h4,6-7,10,15H,5,8-9,11-12H2,1-3H3,(H,21,22)/t15-/m1/s1. The molecule has 8 heteroatoms. The second-order valence-corrected chi connectivity index (χ2v) is 7.40. The van der Waals surface area contributed by atoms with Gasteiger partial charge in [-0.15, -0.1) is 0 Å². The fourth-order valence-corrected chi connectivity index (χ4v) is 3.74. The van der Waals surface area contributed by atoms with Gasteiger partial charge in [-0.2, -0.15) is 4.98 Å². The van der Waals surface area contributed by atoms with Gasteiger partial charge in [-0.05, 0) is 25.3 Å². The first-order valence-corrected chi connectivity index (χ1v) is 9.53. The molecule has 0 radical (unpaired) electrons. The molecule has 0 aliphatic carbocycles. The summed E-state index contributed by atoms with van der Waals surface area (Å²) in [5.74, 6) is 0.574. The van der Waals surface area contributed by atoms with Gasteiger partial charge < -0.3 is 10.1 Å². The van der Waals surface area contributed by atoms with Gasteiger partial charge in [0, 0.05) is 27.2 Å². The minimum Gasteiger partial charge on any atom is -0.376 e. The van der Waals surface area contributed by atoms with Gasteiger partial charge in [0.05, 0.1) is 12.6 Å². The van der Waals surface area contributed by atoms with E-state index in [1.165, 1.54) is 11.6 Å². The maximum atomic E-state index is 12.9. The van der Waals surface area contributed by atoms with Gasteiger partial charge in [0.15, 0.2) is 11.2 Å². The molecule has 1 aliphatic rings. The van der Waals surface area contributed by atoms with E-state index in [9.17, 15) is 9.59 Å². The van der Waals surface area contributed by atoms with Crippen molar-refractivity contribution in [3.8, 4) is 0 Å². The van der Waals surface area contributed by atoms with Crippen molar-refractivity contribution in [2.24, 2.45) is 14.1 Å². The molecule has 1 aliphatic heterocycles. The highest BCUT2D eigenvalue weighted by molar-refractivity contribution is 5.74. The molecular weight excluding hydrogens is 358 g/mol. The number of nitrogens with one attached hydrogen (secondary N) is 1. The van der Waals surface area contributed by atoms with Crippen molar-refractivity contribution >= 4 is 17.1 Å². The molecular formula is C20H25N5O3. The van der Waals surface area contributed by atoms with Gasteiger partial charge in [-0.25, -0.2) is 4.79 Å². The van der Waals surface area contributed by atoms with Crippen LogP contribution in [0.15, 0.2) is 33.9 Å². The number of ether oxygens (including phenoxy) is 1. The second kappa shape index (κ2) is 7.27. The lowest BCUT2D eigenvalue weighted by molar-refractivity contribution is 0.120. The van der Waals surface area contributed by atoms with E-state index in [0.717, 1.165) is 35.1 Å². The molecule has 4 rings (SSSR count). The summed E-state index contributed by atoms with van der Waals surface area (Å²) in [5, 5.41) is 3.34. The maximum absolute atomic E-state index is 12.9. The van der Waals surface area contributed by atoms with E-state index in [2.05, 4.69) is 16.4 Å². The Kier molecular flexibility index (Phi) is 4.80. The van der Waals surface area contributed by atoms with Crippen LogP contribution in [0.5, 0.6) is 0 Å². The molecule has 0 amide bonds. The Labute approximate surface area is 162 Å². The van der Waals surface area contributed by atoms with E-state index >= 15 is 0 Å². The molecule has 3 heterocycles. The summed E-state index contributed by atoms with van der Waals surface area (Å²) in [5.41, 5.74) is 2.29. The van der Waals surface area contributed by atoms with Gasteiger partial charge in [0.2, 0.25) is 5.95 Å². The van der Waals surface area contributed by atoms with Crippen LogP contribution in [0.1, 0.15) is 24.0 Å². The fourth-order valence-electron chi connectivity index (χ4n) is 3.74. The van der Waals surface area contributed by atoms with Gasteiger partial charge in [-0.1, -0.05) is 29.8 Å². The van der Waals surface area contributed by atoms with E-state index in [-0.39, 0.29) is 17.4 Å². The molecule has 0 bridgehead atoms. The molecule has 1 atom stereocenters. The number of aryl methyl sites for hydroxylation is 2. The Morgan fingerprint density at radius 1 is 1.25 bits per heavy atom. The molecule has 0 spiro atoms. The van der Waals surface area contributed by atoms with Gasteiger partial charge in [0.1, 0.15) is 0 Å². The van der Waals surface area contributed by atoms with Crippen LogP contribution < -0.4 is 16.6 Å².